The lowest BCUT2D eigenvalue weighted by Crippen LogP contribution is -2.03. The molecule has 1 heterocycles. The van der Waals surface area contributed by atoms with E-state index in [2.05, 4.69) is 21.0 Å². The van der Waals surface area contributed by atoms with E-state index < -0.39 is 9.84 Å². The Kier molecular flexibility index (Phi) is 5.02. The maximum absolute atomic E-state index is 11.6. The van der Waals surface area contributed by atoms with E-state index in [1.807, 2.05) is 18.2 Å². The first kappa shape index (κ1) is 18.1. The summed E-state index contributed by atoms with van der Waals surface area (Å²) in [7, 11) is -3.24. The van der Waals surface area contributed by atoms with E-state index in [9.17, 15) is 8.42 Å². The summed E-state index contributed by atoms with van der Waals surface area (Å²) in [5.41, 5.74) is 9.10. The number of nitrogens with zero attached hydrogens (tertiary/aromatic N) is 2. The summed E-state index contributed by atoms with van der Waals surface area (Å²) >= 11 is 9.58. The van der Waals surface area contributed by atoms with Gasteiger partial charge in [-0.25, -0.2) is 13.1 Å². The summed E-state index contributed by atoms with van der Waals surface area (Å²) in [5, 5.41) is 4.69. The number of hydrogen-bond acceptors (Lipinski definition) is 4. The minimum Gasteiger partial charge on any atom is -0.326 e. The summed E-state index contributed by atoms with van der Waals surface area (Å²) in [6, 6.07) is 14.1. The second-order valence-electron chi connectivity index (χ2n) is 5.54. The molecule has 0 bridgehead atoms. The molecule has 3 aromatic rings. The summed E-state index contributed by atoms with van der Waals surface area (Å²) in [6.07, 6.45) is 1.18. The van der Waals surface area contributed by atoms with E-state index in [-0.39, 0.29) is 4.90 Å². The van der Waals surface area contributed by atoms with Crippen molar-refractivity contribution < 1.29 is 8.42 Å². The van der Waals surface area contributed by atoms with Crippen LogP contribution in [-0.2, 0) is 16.4 Å². The molecular weight excluding hydrogens is 426 g/mol. The van der Waals surface area contributed by atoms with Gasteiger partial charge in [0.1, 0.15) is 0 Å². The molecule has 0 spiro atoms. The Morgan fingerprint density at radius 3 is 2.44 bits per heavy atom. The number of aromatic nitrogens is 2. The lowest BCUT2D eigenvalue weighted by molar-refractivity contribution is 0.602. The van der Waals surface area contributed by atoms with E-state index in [0.717, 1.165) is 27.0 Å². The quantitative estimate of drug-likeness (QED) is 0.669. The van der Waals surface area contributed by atoms with Crippen molar-refractivity contribution in [3.63, 3.8) is 0 Å². The van der Waals surface area contributed by atoms with Crippen LogP contribution in [0.4, 0.5) is 0 Å². The number of hydrogen-bond donors (Lipinski definition) is 1. The standard InChI is InChI=1S/C17H15BrClN3O2S/c1-25(23,24)14-5-2-11(3-6-14)16-9-17(19)21-22(16)13-4-7-15(18)12(8-13)10-20/h2-9H,10,20H2,1H3. The van der Waals surface area contributed by atoms with Crippen molar-refractivity contribution in [1.29, 1.82) is 0 Å². The zero-order valence-electron chi connectivity index (χ0n) is 13.3. The highest BCUT2D eigenvalue weighted by atomic mass is 79.9. The van der Waals surface area contributed by atoms with Gasteiger partial charge in [-0.2, -0.15) is 5.10 Å². The Hall–Kier alpha value is -1.67. The van der Waals surface area contributed by atoms with Crippen molar-refractivity contribution in [1.82, 2.24) is 9.78 Å². The zero-order chi connectivity index (χ0) is 18.2. The molecule has 0 fully saturated rings. The third kappa shape index (κ3) is 3.79. The Morgan fingerprint density at radius 2 is 1.84 bits per heavy atom. The van der Waals surface area contributed by atoms with Crippen molar-refractivity contribution in [3.8, 4) is 16.9 Å². The minimum atomic E-state index is -3.24. The first-order chi connectivity index (χ1) is 11.8. The van der Waals surface area contributed by atoms with Crippen LogP contribution < -0.4 is 5.73 Å². The molecule has 3 rings (SSSR count). The molecule has 0 unspecified atom stereocenters. The fourth-order valence-corrected chi connectivity index (χ4v) is 3.69. The van der Waals surface area contributed by atoms with E-state index in [4.69, 9.17) is 17.3 Å². The third-order valence-corrected chi connectivity index (χ3v) is 5.84. The number of halogens is 2. The largest absolute Gasteiger partial charge is 0.326 e. The van der Waals surface area contributed by atoms with Crippen molar-refractivity contribution >= 4 is 37.4 Å². The lowest BCUT2D eigenvalue weighted by atomic mass is 10.1. The van der Waals surface area contributed by atoms with Crippen LogP contribution >= 0.6 is 27.5 Å². The van der Waals surface area contributed by atoms with Crippen LogP contribution in [0, 0.1) is 0 Å². The fraction of sp³-hybridized carbons (Fsp3) is 0.118. The number of rotatable bonds is 4. The molecule has 0 aliphatic heterocycles. The van der Waals surface area contributed by atoms with Crippen molar-refractivity contribution in [3.05, 3.63) is 63.7 Å². The summed E-state index contributed by atoms with van der Waals surface area (Å²) in [6.45, 7) is 0.391. The van der Waals surface area contributed by atoms with Crippen molar-refractivity contribution in [2.75, 3.05) is 6.26 Å². The van der Waals surface area contributed by atoms with Gasteiger partial charge in [0, 0.05) is 28.9 Å². The first-order valence-corrected chi connectivity index (χ1v) is 10.4. The van der Waals surface area contributed by atoms with Gasteiger partial charge in [-0.1, -0.05) is 39.7 Å². The minimum absolute atomic E-state index is 0.266. The maximum Gasteiger partial charge on any atom is 0.175 e. The van der Waals surface area contributed by atoms with E-state index in [1.54, 1.807) is 35.0 Å². The number of nitrogens with two attached hydrogens (primary N) is 1. The van der Waals surface area contributed by atoms with Gasteiger partial charge in [-0.05, 0) is 35.9 Å². The molecule has 0 aliphatic rings. The molecule has 0 atom stereocenters. The van der Waals surface area contributed by atoms with Gasteiger partial charge in [0.2, 0.25) is 0 Å². The molecule has 0 saturated carbocycles. The fourth-order valence-electron chi connectivity index (χ4n) is 2.48. The van der Waals surface area contributed by atoms with Crippen molar-refractivity contribution in [2.45, 2.75) is 11.4 Å². The number of sulfone groups is 1. The summed E-state index contributed by atoms with van der Waals surface area (Å²) < 4.78 is 25.9. The van der Waals surface area contributed by atoms with Crippen molar-refractivity contribution in [2.24, 2.45) is 5.73 Å². The molecule has 25 heavy (non-hydrogen) atoms. The molecule has 130 valence electrons. The van der Waals surface area contributed by atoms with E-state index in [0.29, 0.717) is 11.7 Å². The van der Waals surface area contributed by atoms with Crippen LogP contribution in [0.1, 0.15) is 5.56 Å². The third-order valence-electron chi connectivity index (χ3n) is 3.75. The molecule has 0 radical (unpaired) electrons. The molecule has 0 saturated heterocycles. The summed E-state index contributed by atoms with van der Waals surface area (Å²) in [5.74, 6) is 0. The zero-order valence-corrected chi connectivity index (χ0v) is 16.4. The van der Waals surface area contributed by atoms with Gasteiger partial charge in [0.05, 0.1) is 16.3 Å². The maximum atomic E-state index is 11.6. The average Bonchev–Trinajstić information content (AvgIpc) is 2.96. The molecule has 0 aliphatic carbocycles. The summed E-state index contributed by atoms with van der Waals surface area (Å²) in [4.78, 5) is 0.266. The van der Waals surface area contributed by atoms with Gasteiger partial charge < -0.3 is 5.73 Å². The Balaban J connectivity index is 2.10. The second kappa shape index (κ2) is 6.92. The molecular formula is C17H15BrClN3O2S. The van der Waals surface area contributed by atoms with Gasteiger partial charge in [0.15, 0.2) is 15.0 Å². The van der Waals surface area contributed by atoms with Crippen LogP contribution in [0.25, 0.3) is 16.9 Å². The van der Waals surface area contributed by atoms with Gasteiger partial charge in [-0.3, -0.25) is 0 Å². The van der Waals surface area contributed by atoms with E-state index in [1.165, 1.54) is 6.26 Å². The molecule has 5 nitrogen and oxygen atoms in total. The highest BCUT2D eigenvalue weighted by Crippen LogP contribution is 2.28. The molecule has 1 aromatic heterocycles. The topological polar surface area (TPSA) is 78.0 Å². The predicted molar refractivity (Wildman–Crippen MR) is 103 cm³/mol. The molecule has 2 aromatic carbocycles. The molecule has 0 amide bonds. The van der Waals surface area contributed by atoms with Crippen LogP contribution in [-0.4, -0.2) is 24.5 Å². The Labute approximate surface area is 159 Å². The highest BCUT2D eigenvalue weighted by Gasteiger charge is 2.13. The van der Waals surface area contributed by atoms with Crippen LogP contribution in [0.15, 0.2) is 57.9 Å². The van der Waals surface area contributed by atoms with Crippen LogP contribution in [0.2, 0.25) is 5.15 Å². The van der Waals surface area contributed by atoms with Gasteiger partial charge in [0.25, 0.3) is 0 Å². The molecule has 2 N–H and O–H groups in total. The lowest BCUT2D eigenvalue weighted by Gasteiger charge is -2.10. The molecule has 8 heteroatoms. The monoisotopic (exact) mass is 439 g/mol. The van der Waals surface area contributed by atoms with Crippen LogP contribution in [0.5, 0.6) is 0 Å². The highest BCUT2D eigenvalue weighted by molar-refractivity contribution is 9.10. The smallest absolute Gasteiger partial charge is 0.175 e. The van der Waals surface area contributed by atoms with Gasteiger partial charge in [-0.15, -0.1) is 0 Å². The normalized spacial score (nSPS) is 11.7. The first-order valence-electron chi connectivity index (χ1n) is 7.34. The average molecular weight is 441 g/mol. The number of benzene rings is 2. The van der Waals surface area contributed by atoms with Gasteiger partial charge >= 0.3 is 0 Å². The van der Waals surface area contributed by atoms with Crippen LogP contribution in [0.3, 0.4) is 0 Å². The van der Waals surface area contributed by atoms with E-state index >= 15 is 0 Å². The second-order valence-corrected chi connectivity index (χ2v) is 8.80. The predicted octanol–water partition coefficient (Wildman–Crippen LogP) is 3.82. The Morgan fingerprint density at radius 1 is 1.16 bits per heavy atom. The Bertz CT molecular complexity index is 1030. The SMILES string of the molecule is CS(=O)(=O)c1ccc(-c2cc(Cl)nn2-c2ccc(Br)c(CN)c2)cc1.